The zero-order chi connectivity index (χ0) is 23.3. The van der Waals surface area contributed by atoms with Gasteiger partial charge in [0.25, 0.3) is 0 Å². The van der Waals surface area contributed by atoms with Crippen molar-refractivity contribution in [2.24, 2.45) is 0 Å². The van der Waals surface area contributed by atoms with Crippen LogP contribution in [0.2, 0.25) is 0 Å². The molecule has 0 atom stereocenters. The molecule has 3 heterocycles. The molecule has 0 radical (unpaired) electrons. The number of benzene rings is 1. The maximum Gasteiger partial charge on any atom is 0.174 e. The van der Waals surface area contributed by atoms with Gasteiger partial charge < -0.3 is 10.1 Å². The zero-order valence-corrected chi connectivity index (χ0v) is 19.5. The van der Waals surface area contributed by atoms with Gasteiger partial charge in [0.15, 0.2) is 12.9 Å². The van der Waals surface area contributed by atoms with Crippen molar-refractivity contribution in [1.82, 2.24) is 20.1 Å². The largest absolute Gasteiger partial charge is 0.479 e. The molecule has 0 unspecified atom stereocenters. The third-order valence-electron chi connectivity index (χ3n) is 5.17. The van der Waals surface area contributed by atoms with Crippen LogP contribution in [0, 0.1) is 11.3 Å². The molecular formula is C23H27N5O3S. The fourth-order valence-corrected chi connectivity index (χ4v) is 4.97. The van der Waals surface area contributed by atoms with Crippen molar-refractivity contribution in [2.45, 2.75) is 32.4 Å². The number of aromatic nitrogens is 3. The molecule has 1 aromatic carbocycles. The lowest BCUT2D eigenvalue weighted by atomic mass is 10.1. The molecule has 1 saturated heterocycles. The van der Waals surface area contributed by atoms with E-state index >= 15 is 0 Å². The molecule has 0 bridgehead atoms. The molecule has 8 nitrogen and oxygen atoms in total. The number of carbonyl (C=O) groups is 1. The minimum Gasteiger partial charge on any atom is -0.479 e. The van der Waals surface area contributed by atoms with Crippen molar-refractivity contribution in [3.63, 3.8) is 0 Å². The van der Waals surface area contributed by atoms with E-state index in [1.807, 2.05) is 49.8 Å². The van der Waals surface area contributed by atoms with Crippen molar-refractivity contribution in [1.29, 1.82) is 5.26 Å². The van der Waals surface area contributed by atoms with Crippen molar-refractivity contribution in [3.05, 3.63) is 42.1 Å². The normalized spacial score (nSPS) is 19.6. The number of nitrogens with zero attached hydrogens (tertiary/aromatic N) is 4. The third-order valence-corrected chi connectivity index (χ3v) is 7.08. The van der Waals surface area contributed by atoms with E-state index in [1.54, 1.807) is 18.3 Å². The van der Waals surface area contributed by atoms with Crippen LogP contribution in [0.25, 0.3) is 22.3 Å². The predicted molar refractivity (Wildman–Crippen MR) is 125 cm³/mol. The van der Waals surface area contributed by atoms with E-state index in [-0.39, 0.29) is 18.2 Å². The Hall–Kier alpha value is -3.09. The van der Waals surface area contributed by atoms with Crippen molar-refractivity contribution in [3.8, 4) is 23.1 Å². The Morgan fingerprint density at radius 3 is 2.69 bits per heavy atom. The topological polar surface area (TPSA) is 110 Å². The molecule has 0 amide bonds. The number of pyridine rings is 1. The van der Waals surface area contributed by atoms with Gasteiger partial charge in [0.1, 0.15) is 23.0 Å². The molecule has 1 fully saturated rings. The number of carbonyl (C=O) groups excluding carboxylic acids is 1. The van der Waals surface area contributed by atoms with E-state index in [4.69, 9.17) is 10.00 Å². The van der Waals surface area contributed by atoms with Crippen LogP contribution in [0.3, 0.4) is 0 Å². The molecule has 1 N–H and O–H groups in total. The van der Waals surface area contributed by atoms with Crippen LogP contribution in [-0.2, 0) is 10.8 Å². The highest BCUT2D eigenvalue weighted by Crippen LogP contribution is 2.30. The summed E-state index contributed by atoms with van der Waals surface area (Å²) in [6, 6.07) is 11.3. The fraction of sp³-hybridized carbons (Fsp3) is 0.391. The first-order valence-electron chi connectivity index (χ1n) is 10.3. The average molecular weight is 454 g/mol. The number of fused-ring (bicyclic) bond motifs is 1. The minimum absolute atomic E-state index is 0.00835. The van der Waals surface area contributed by atoms with Crippen molar-refractivity contribution in [2.75, 3.05) is 25.2 Å². The van der Waals surface area contributed by atoms with Crippen LogP contribution in [0.15, 0.2) is 36.5 Å². The molecule has 32 heavy (non-hydrogen) atoms. The fourth-order valence-electron chi connectivity index (χ4n) is 3.35. The van der Waals surface area contributed by atoms with E-state index in [0.717, 1.165) is 40.1 Å². The number of ether oxygens (including phenoxy) is 1. The van der Waals surface area contributed by atoms with Crippen molar-refractivity contribution >= 4 is 28.1 Å². The summed E-state index contributed by atoms with van der Waals surface area (Å²) in [7, 11) is 1.39. The van der Waals surface area contributed by atoms with Crippen molar-refractivity contribution < 1.29 is 13.7 Å². The number of nitrogens with one attached hydrogen (secondary N) is 1. The molecule has 0 spiro atoms. The summed E-state index contributed by atoms with van der Waals surface area (Å²) < 4.78 is 17.8. The van der Waals surface area contributed by atoms with Gasteiger partial charge in [-0.25, -0.2) is 0 Å². The number of hydrogen-bond donors (Lipinski definition) is 1. The molecule has 3 aromatic rings. The van der Waals surface area contributed by atoms with E-state index in [1.165, 1.54) is 0 Å². The van der Waals surface area contributed by atoms with E-state index in [0.29, 0.717) is 11.3 Å². The zero-order valence-electron chi connectivity index (χ0n) is 18.7. The Labute approximate surface area is 190 Å². The maximum atomic E-state index is 11.0. The first-order chi connectivity index (χ1) is 15.3. The van der Waals surface area contributed by atoms with Crippen LogP contribution in [-0.4, -0.2) is 56.0 Å². The van der Waals surface area contributed by atoms with Crippen LogP contribution in [0.5, 0.6) is 5.75 Å². The van der Waals surface area contributed by atoms with E-state index in [9.17, 15) is 9.00 Å². The Bertz CT molecular complexity index is 1170. The Morgan fingerprint density at radius 2 is 2.12 bits per heavy atom. The Balaban J connectivity index is 0.000000305. The summed E-state index contributed by atoms with van der Waals surface area (Å²) >= 11 is 0. The third kappa shape index (κ3) is 5.21. The van der Waals surface area contributed by atoms with Gasteiger partial charge in [0.05, 0.1) is 5.52 Å². The monoisotopic (exact) mass is 453 g/mol. The number of aldehydes is 1. The van der Waals surface area contributed by atoms with Gasteiger partial charge in [0, 0.05) is 51.2 Å². The molecule has 9 heteroatoms. The number of rotatable bonds is 6. The Morgan fingerprint density at radius 1 is 1.38 bits per heavy atom. The molecule has 168 valence electrons. The van der Waals surface area contributed by atoms with Gasteiger partial charge in [-0.1, -0.05) is 12.1 Å². The number of nitriles is 1. The molecule has 1 aliphatic rings. The van der Waals surface area contributed by atoms with Gasteiger partial charge in [-0.05, 0) is 46.0 Å². The maximum absolute atomic E-state index is 11.0. The minimum atomic E-state index is -0.524. The summed E-state index contributed by atoms with van der Waals surface area (Å²) in [5.74, 6) is 2.25. The number of hydrogen-bond acceptors (Lipinski definition) is 7. The van der Waals surface area contributed by atoms with E-state index < -0.39 is 10.8 Å². The first-order valence-corrected chi connectivity index (χ1v) is 11.8. The summed E-state index contributed by atoms with van der Waals surface area (Å²) in [6.07, 6.45) is 2.32. The van der Waals surface area contributed by atoms with Gasteiger partial charge >= 0.3 is 0 Å². The molecule has 0 saturated carbocycles. The van der Waals surface area contributed by atoms with Gasteiger partial charge in [0.2, 0.25) is 0 Å². The molecular weight excluding hydrogens is 426 g/mol. The molecule has 4 rings (SSSR count). The van der Waals surface area contributed by atoms with Gasteiger partial charge in [-0.2, -0.15) is 10.4 Å². The molecule has 0 aliphatic carbocycles. The Kier molecular flexibility index (Phi) is 7.38. The standard InChI is InChI=1S/C18H16N4O2.C5H11NOS/c1-12(2)22-16-8-13(11-23)10-20-18(16)17(21-22)14-4-3-5-15(9-14)24-7-6-19;1-5(6-2)3-8(7)4-5/h3-5,8-12H,7H2,1-2H3;6H,3-4H2,1-2H3. The quantitative estimate of drug-likeness (QED) is 0.571. The van der Waals surface area contributed by atoms with Crippen LogP contribution < -0.4 is 10.1 Å². The summed E-state index contributed by atoms with van der Waals surface area (Å²) in [5, 5.41) is 16.4. The van der Waals surface area contributed by atoms with E-state index in [2.05, 4.69) is 22.3 Å². The first kappa shape index (κ1) is 23.6. The van der Waals surface area contributed by atoms with Gasteiger partial charge in [-0.3, -0.25) is 18.7 Å². The second-order valence-corrected chi connectivity index (χ2v) is 9.61. The molecule has 2 aromatic heterocycles. The SMILES string of the molecule is CC(C)n1nc(-c2cccc(OCC#N)c2)c2ncc(C=O)cc21.CNC1(C)CS(=O)C1. The highest BCUT2D eigenvalue weighted by molar-refractivity contribution is 7.86. The predicted octanol–water partition coefficient (Wildman–Crippen LogP) is 3.12. The second-order valence-electron chi connectivity index (χ2n) is 8.15. The smallest absolute Gasteiger partial charge is 0.174 e. The van der Waals surface area contributed by atoms with Crippen LogP contribution in [0.1, 0.15) is 37.2 Å². The lowest BCUT2D eigenvalue weighted by Gasteiger charge is -2.36. The van der Waals surface area contributed by atoms with Crippen LogP contribution in [0.4, 0.5) is 0 Å². The second kappa shape index (κ2) is 10.0. The summed E-state index contributed by atoms with van der Waals surface area (Å²) in [6.45, 7) is 6.13. The summed E-state index contributed by atoms with van der Waals surface area (Å²) in [4.78, 5) is 15.5. The average Bonchev–Trinajstić information content (AvgIpc) is 3.16. The highest BCUT2D eigenvalue weighted by Gasteiger charge is 2.36. The van der Waals surface area contributed by atoms with Crippen LogP contribution >= 0.6 is 0 Å². The lowest BCUT2D eigenvalue weighted by Crippen LogP contribution is -2.58. The molecule has 1 aliphatic heterocycles. The lowest BCUT2D eigenvalue weighted by molar-refractivity contribution is 0.112. The van der Waals surface area contributed by atoms with Gasteiger partial charge in [-0.15, -0.1) is 0 Å². The highest BCUT2D eigenvalue weighted by atomic mass is 32.2. The summed E-state index contributed by atoms with van der Waals surface area (Å²) in [5.41, 5.74) is 3.81.